The summed E-state index contributed by atoms with van der Waals surface area (Å²) in [5.74, 6) is -0.829. The van der Waals surface area contributed by atoms with Crippen LogP contribution in [-0.2, 0) is 17.4 Å². The maximum absolute atomic E-state index is 13.7. The van der Waals surface area contributed by atoms with E-state index in [1.54, 1.807) is 30.1 Å². The van der Waals surface area contributed by atoms with Crippen LogP contribution in [0.1, 0.15) is 57.4 Å². The van der Waals surface area contributed by atoms with E-state index >= 15 is 0 Å². The van der Waals surface area contributed by atoms with E-state index in [1.165, 1.54) is 21.9 Å². The minimum Gasteiger partial charge on any atom is -0.330 e. The highest BCUT2D eigenvalue weighted by Crippen LogP contribution is 2.39. The summed E-state index contributed by atoms with van der Waals surface area (Å²) in [5.41, 5.74) is 2.20. The van der Waals surface area contributed by atoms with Gasteiger partial charge in [-0.25, -0.2) is 0 Å². The molecule has 2 amide bonds. The number of rotatable bonds is 5. The Bertz CT molecular complexity index is 1230. The zero-order valence-corrected chi connectivity index (χ0v) is 20.6. The summed E-state index contributed by atoms with van der Waals surface area (Å²) in [5, 5.41) is 2.03. The summed E-state index contributed by atoms with van der Waals surface area (Å²) in [6, 6.07) is 13.7. The van der Waals surface area contributed by atoms with Gasteiger partial charge in [0.05, 0.1) is 11.6 Å². The molecule has 2 heterocycles. The highest BCUT2D eigenvalue weighted by atomic mass is 32.1. The molecule has 184 valence electrons. The molecule has 0 fully saturated rings. The molecule has 0 N–H and O–H groups in total. The molecular formula is C27H27F3N2O2S. The van der Waals surface area contributed by atoms with Crippen molar-refractivity contribution < 1.29 is 22.8 Å². The number of hydrogen-bond donors (Lipinski definition) is 0. The van der Waals surface area contributed by atoms with Crippen molar-refractivity contribution in [2.75, 3.05) is 13.1 Å². The molecule has 0 saturated heterocycles. The van der Waals surface area contributed by atoms with Gasteiger partial charge in [0, 0.05) is 23.0 Å². The van der Waals surface area contributed by atoms with E-state index in [1.807, 2.05) is 42.6 Å². The Morgan fingerprint density at radius 3 is 2.51 bits per heavy atom. The molecule has 0 bridgehead atoms. The van der Waals surface area contributed by atoms with Gasteiger partial charge in [-0.1, -0.05) is 30.3 Å². The molecule has 0 radical (unpaired) electrons. The van der Waals surface area contributed by atoms with E-state index in [4.69, 9.17) is 0 Å². The predicted molar refractivity (Wildman–Crippen MR) is 130 cm³/mol. The second-order valence-corrected chi connectivity index (χ2v) is 10.0. The molecule has 1 aromatic heterocycles. The number of hydrogen-bond acceptors (Lipinski definition) is 3. The van der Waals surface area contributed by atoms with Gasteiger partial charge in [0.25, 0.3) is 5.91 Å². The lowest BCUT2D eigenvalue weighted by Gasteiger charge is -2.38. The van der Waals surface area contributed by atoms with Gasteiger partial charge in [-0.15, -0.1) is 11.3 Å². The van der Waals surface area contributed by atoms with Crippen molar-refractivity contribution in [3.8, 4) is 0 Å². The zero-order valence-electron chi connectivity index (χ0n) is 19.8. The third-order valence-electron chi connectivity index (χ3n) is 6.40. The van der Waals surface area contributed by atoms with Crippen LogP contribution in [0, 0.1) is 6.92 Å². The monoisotopic (exact) mass is 500 g/mol. The highest BCUT2D eigenvalue weighted by molar-refractivity contribution is 7.10. The maximum atomic E-state index is 13.7. The Hall–Kier alpha value is -3.13. The summed E-state index contributed by atoms with van der Waals surface area (Å²) in [6.07, 6.45) is -3.83. The standard InChI is InChI=1S/C27H27F3N2O2S/c1-17(2)32(26(34)19-8-6-9-20(15-19)27(28,29)30)16-24(33)31-13-11-23-22(12-14-35-23)25(31)21-10-5-4-7-18(21)3/h4-10,12,14-15,17,25H,11,13,16H2,1-3H3. The lowest BCUT2D eigenvalue weighted by atomic mass is 9.90. The molecule has 1 aliphatic heterocycles. The number of carbonyl (C=O) groups excluding carboxylic acids is 2. The molecule has 3 aromatic rings. The summed E-state index contributed by atoms with van der Waals surface area (Å²) in [7, 11) is 0. The number of carbonyl (C=O) groups is 2. The number of fused-ring (bicyclic) bond motifs is 1. The minimum absolute atomic E-state index is 0.0875. The van der Waals surface area contributed by atoms with Crippen molar-refractivity contribution in [3.63, 3.8) is 0 Å². The quantitative estimate of drug-likeness (QED) is 0.425. The van der Waals surface area contributed by atoms with Gasteiger partial charge in [0.1, 0.15) is 6.54 Å². The van der Waals surface area contributed by atoms with Gasteiger partial charge in [-0.3, -0.25) is 9.59 Å². The maximum Gasteiger partial charge on any atom is 0.416 e. The fourth-order valence-corrected chi connectivity index (χ4v) is 5.44. The van der Waals surface area contributed by atoms with E-state index in [2.05, 4.69) is 0 Å². The predicted octanol–water partition coefficient (Wildman–Crippen LogP) is 6.10. The molecule has 0 aliphatic carbocycles. The third-order valence-corrected chi connectivity index (χ3v) is 7.39. The van der Waals surface area contributed by atoms with Crippen LogP contribution in [0.15, 0.2) is 60.0 Å². The van der Waals surface area contributed by atoms with E-state index in [9.17, 15) is 22.8 Å². The van der Waals surface area contributed by atoms with Crippen LogP contribution in [-0.4, -0.2) is 40.7 Å². The second-order valence-electron chi connectivity index (χ2n) is 9.00. The van der Waals surface area contributed by atoms with E-state index < -0.39 is 17.6 Å². The first-order valence-corrected chi connectivity index (χ1v) is 12.4. The Balaban J connectivity index is 1.63. The smallest absolute Gasteiger partial charge is 0.330 e. The Kier molecular flexibility index (Phi) is 7.03. The van der Waals surface area contributed by atoms with Gasteiger partial charge in [0.2, 0.25) is 5.91 Å². The van der Waals surface area contributed by atoms with Crippen LogP contribution in [0.2, 0.25) is 0 Å². The second kappa shape index (κ2) is 9.85. The van der Waals surface area contributed by atoms with Crippen LogP contribution >= 0.6 is 11.3 Å². The summed E-state index contributed by atoms with van der Waals surface area (Å²) in [6.45, 7) is 5.81. The lowest BCUT2D eigenvalue weighted by Crippen LogP contribution is -2.48. The van der Waals surface area contributed by atoms with Crippen LogP contribution in [0.4, 0.5) is 13.2 Å². The minimum atomic E-state index is -4.55. The van der Waals surface area contributed by atoms with Crippen molar-refractivity contribution in [2.24, 2.45) is 0 Å². The SMILES string of the molecule is Cc1ccccc1C1c2ccsc2CCN1C(=O)CN(C(=O)c1cccc(C(F)(F)F)c1)C(C)C. The van der Waals surface area contributed by atoms with Crippen molar-refractivity contribution in [1.82, 2.24) is 9.80 Å². The molecule has 0 saturated carbocycles. The number of benzene rings is 2. The first kappa shape index (κ1) is 25.0. The fraction of sp³-hybridized carbons (Fsp3) is 0.333. The summed E-state index contributed by atoms with van der Waals surface area (Å²) < 4.78 is 39.6. The number of thiophene rings is 1. The molecule has 1 unspecified atom stereocenters. The Morgan fingerprint density at radius 2 is 1.83 bits per heavy atom. The van der Waals surface area contributed by atoms with Gasteiger partial charge in [-0.05, 0) is 73.5 Å². The van der Waals surface area contributed by atoms with Crippen molar-refractivity contribution in [1.29, 1.82) is 0 Å². The molecule has 4 nitrogen and oxygen atoms in total. The molecular weight excluding hydrogens is 473 g/mol. The van der Waals surface area contributed by atoms with Crippen LogP contribution in [0.3, 0.4) is 0 Å². The Morgan fingerprint density at radius 1 is 1.09 bits per heavy atom. The first-order chi connectivity index (χ1) is 16.6. The lowest BCUT2D eigenvalue weighted by molar-refractivity contribution is -0.137. The normalized spacial score (nSPS) is 15.7. The van der Waals surface area contributed by atoms with Crippen LogP contribution < -0.4 is 0 Å². The molecule has 4 rings (SSSR count). The highest BCUT2D eigenvalue weighted by Gasteiger charge is 2.36. The number of nitrogens with zero attached hydrogens (tertiary/aromatic N) is 2. The molecule has 8 heteroatoms. The van der Waals surface area contributed by atoms with Gasteiger partial charge in [0.15, 0.2) is 0 Å². The van der Waals surface area contributed by atoms with Crippen LogP contribution in [0.25, 0.3) is 0 Å². The summed E-state index contributed by atoms with van der Waals surface area (Å²) in [4.78, 5) is 31.3. The first-order valence-electron chi connectivity index (χ1n) is 11.5. The van der Waals surface area contributed by atoms with Crippen molar-refractivity contribution in [2.45, 2.75) is 45.5 Å². The van der Waals surface area contributed by atoms with Crippen molar-refractivity contribution >= 4 is 23.2 Å². The average Bonchev–Trinajstić information content (AvgIpc) is 3.30. The molecule has 0 spiro atoms. The Labute approximate surface area is 207 Å². The summed E-state index contributed by atoms with van der Waals surface area (Å²) >= 11 is 1.67. The molecule has 35 heavy (non-hydrogen) atoms. The third kappa shape index (κ3) is 5.12. The van der Waals surface area contributed by atoms with Gasteiger partial charge < -0.3 is 9.80 Å². The number of amides is 2. The number of alkyl halides is 3. The number of halogens is 3. The van der Waals surface area contributed by atoms with Gasteiger partial charge >= 0.3 is 6.18 Å². The average molecular weight is 501 g/mol. The fourth-order valence-electron chi connectivity index (χ4n) is 4.53. The number of aryl methyl sites for hydroxylation is 1. The molecule has 1 aliphatic rings. The van der Waals surface area contributed by atoms with E-state index in [-0.39, 0.29) is 30.1 Å². The van der Waals surface area contributed by atoms with Crippen molar-refractivity contribution in [3.05, 3.63) is 92.7 Å². The topological polar surface area (TPSA) is 40.6 Å². The molecule has 2 aromatic carbocycles. The molecule has 1 atom stereocenters. The van der Waals surface area contributed by atoms with E-state index in [0.29, 0.717) is 6.54 Å². The largest absolute Gasteiger partial charge is 0.416 e. The zero-order chi connectivity index (χ0) is 25.3. The van der Waals surface area contributed by atoms with E-state index in [0.717, 1.165) is 35.2 Å². The van der Waals surface area contributed by atoms with Crippen LogP contribution in [0.5, 0.6) is 0 Å². The van der Waals surface area contributed by atoms with Gasteiger partial charge in [-0.2, -0.15) is 13.2 Å².